The third-order valence-electron chi connectivity index (χ3n) is 9.22. The number of likely N-dealkylation sites (N-methyl/N-ethyl adjacent to an activating group) is 1. The zero-order chi connectivity index (χ0) is 30.3. The van der Waals surface area contributed by atoms with Crippen LogP contribution in [0.5, 0.6) is 5.75 Å². The summed E-state index contributed by atoms with van der Waals surface area (Å²) >= 11 is 0. The summed E-state index contributed by atoms with van der Waals surface area (Å²) in [7, 11) is 6.69. The van der Waals surface area contributed by atoms with Crippen molar-refractivity contribution in [3.63, 3.8) is 0 Å². The van der Waals surface area contributed by atoms with Gasteiger partial charge in [0.05, 0.1) is 17.1 Å². The monoisotopic (exact) mass is 568 g/mol. The lowest BCUT2D eigenvalue weighted by Gasteiger charge is -2.50. The van der Waals surface area contributed by atoms with Crippen LogP contribution in [0.2, 0.25) is 0 Å². The minimum atomic E-state index is -2.70. The highest BCUT2D eigenvalue weighted by Gasteiger charge is 2.64. The van der Waals surface area contributed by atoms with Crippen LogP contribution in [0, 0.1) is 11.8 Å². The van der Waals surface area contributed by atoms with E-state index in [2.05, 4.69) is 0 Å². The molecular weight excluding hydrogens is 532 g/mol. The van der Waals surface area contributed by atoms with Gasteiger partial charge in [-0.3, -0.25) is 24.1 Å². The van der Waals surface area contributed by atoms with Gasteiger partial charge in [-0.15, -0.1) is 0 Å². The summed E-state index contributed by atoms with van der Waals surface area (Å²) in [6.45, 7) is 0. The van der Waals surface area contributed by atoms with Crippen molar-refractivity contribution in [1.29, 1.82) is 0 Å². The Bertz CT molecular complexity index is 1470. The average molecular weight is 569 g/mol. The van der Waals surface area contributed by atoms with E-state index in [1.54, 1.807) is 39.2 Å². The number of ketones is 3. The molecule has 4 aliphatic rings. The van der Waals surface area contributed by atoms with Crippen molar-refractivity contribution in [3.8, 4) is 5.75 Å². The Morgan fingerprint density at radius 2 is 1.73 bits per heavy atom. The number of fused-ring (bicyclic) bond motifs is 3. The number of hydrogen-bond acceptors (Lipinski definition) is 11. The summed E-state index contributed by atoms with van der Waals surface area (Å²) in [5.74, 6) is -7.07. The summed E-state index contributed by atoms with van der Waals surface area (Å²) in [4.78, 5) is 55.2. The number of rotatable bonds is 7. The molecule has 1 aromatic rings. The van der Waals surface area contributed by atoms with E-state index in [0.717, 1.165) is 0 Å². The second-order valence-electron chi connectivity index (χ2n) is 12.2. The van der Waals surface area contributed by atoms with Gasteiger partial charge in [-0.05, 0) is 69.3 Å². The number of hydrogen-bond donors (Lipinski definition) is 6. The SMILES string of the molecule is CN(C)c1cc(CCC(=O)C2(N)CC2)c(O)c2c1C[C@H]1C[C@H]3[C@H](N(C)C)C(=O)C(C(N)=O)=C(O)[C@@]3(O)C(=O)C1=C2O. The van der Waals surface area contributed by atoms with Crippen molar-refractivity contribution in [2.24, 2.45) is 23.3 Å². The second-order valence-corrected chi connectivity index (χ2v) is 12.2. The molecule has 12 heteroatoms. The summed E-state index contributed by atoms with van der Waals surface area (Å²) < 4.78 is 0. The van der Waals surface area contributed by atoms with Crippen molar-refractivity contribution in [2.45, 2.75) is 55.7 Å². The fourth-order valence-corrected chi connectivity index (χ4v) is 6.85. The summed E-state index contributed by atoms with van der Waals surface area (Å²) in [6, 6.07) is 0.600. The first-order valence-electron chi connectivity index (χ1n) is 13.6. The van der Waals surface area contributed by atoms with E-state index >= 15 is 0 Å². The summed E-state index contributed by atoms with van der Waals surface area (Å²) in [6.07, 6.45) is 1.66. The number of phenolic OH excluding ortho intramolecular Hbond substituents is 1. The zero-order valence-corrected chi connectivity index (χ0v) is 23.5. The van der Waals surface area contributed by atoms with Gasteiger partial charge in [0.25, 0.3) is 5.91 Å². The second kappa shape index (κ2) is 9.40. The van der Waals surface area contributed by atoms with E-state index in [1.807, 2.05) is 0 Å². The maximum absolute atomic E-state index is 14.0. The molecule has 2 saturated carbocycles. The largest absolute Gasteiger partial charge is 0.508 e. The highest BCUT2D eigenvalue weighted by Crippen LogP contribution is 2.54. The number of anilines is 1. The van der Waals surface area contributed by atoms with Crippen molar-refractivity contribution < 1.29 is 39.6 Å². The van der Waals surface area contributed by atoms with Crippen LogP contribution >= 0.6 is 0 Å². The highest BCUT2D eigenvalue weighted by atomic mass is 16.3. The minimum Gasteiger partial charge on any atom is -0.508 e. The van der Waals surface area contributed by atoms with Gasteiger partial charge in [0.1, 0.15) is 22.8 Å². The lowest BCUT2D eigenvalue weighted by Crippen LogP contribution is -2.65. The topological polar surface area (TPSA) is 208 Å². The molecule has 0 bridgehead atoms. The molecule has 1 amide bonds. The number of carbonyl (C=O) groups excluding carboxylic acids is 4. The third kappa shape index (κ3) is 4.07. The van der Waals surface area contributed by atoms with Gasteiger partial charge >= 0.3 is 0 Å². The van der Waals surface area contributed by atoms with E-state index in [4.69, 9.17) is 11.5 Å². The van der Waals surface area contributed by atoms with E-state index in [9.17, 15) is 39.6 Å². The Morgan fingerprint density at radius 1 is 1.10 bits per heavy atom. The number of primary amides is 1. The molecule has 220 valence electrons. The smallest absolute Gasteiger partial charge is 0.255 e. The van der Waals surface area contributed by atoms with Crippen LogP contribution in [-0.2, 0) is 32.0 Å². The van der Waals surface area contributed by atoms with Crippen LogP contribution in [0.25, 0.3) is 5.76 Å². The van der Waals surface area contributed by atoms with Crippen molar-refractivity contribution in [2.75, 3.05) is 33.1 Å². The molecule has 0 radical (unpaired) electrons. The number of aryl methyl sites for hydroxylation is 1. The number of phenols is 1. The third-order valence-corrected chi connectivity index (χ3v) is 9.22. The quantitative estimate of drug-likeness (QED) is 0.242. The number of benzene rings is 1. The van der Waals surface area contributed by atoms with E-state index in [1.165, 1.54) is 4.90 Å². The maximum Gasteiger partial charge on any atom is 0.255 e. The predicted molar refractivity (Wildman–Crippen MR) is 148 cm³/mol. The summed E-state index contributed by atoms with van der Waals surface area (Å²) in [5.41, 5.74) is 8.41. The Balaban J connectivity index is 1.66. The number of carbonyl (C=O) groups is 4. The van der Waals surface area contributed by atoms with Gasteiger partial charge in [-0.25, -0.2) is 0 Å². The first-order valence-corrected chi connectivity index (χ1v) is 13.6. The van der Waals surface area contributed by atoms with Crippen LogP contribution in [0.3, 0.4) is 0 Å². The summed E-state index contributed by atoms with van der Waals surface area (Å²) in [5, 5.41) is 45.7. The number of aromatic hydroxyl groups is 1. The van der Waals surface area contributed by atoms with Gasteiger partial charge < -0.3 is 36.8 Å². The van der Waals surface area contributed by atoms with Gasteiger partial charge in [-0.2, -0.15) is 0 Å². The highest BCUT2D eigenvalue weighted by molar-refractivity contribution is 6.24. The lowest BCUT2D eigenvalue weighted by molar-refractivity contribution is -0.153. The molecule has 0 unspecified atom stereocenters. The van der Waals surface area contributed by atoms with Crippen LogP contribution < -0.4 is 16.4 Å². The number of nitrogens with two attached hydrogens (primary N) is 2. The number of aliphatic hydroxyl groups excluding tert-OH is 2. The normalized spacial score (nSPS) is 28.3. The first kappa shape index (κ1) is 28.8. The molecule has 5 rings (SSSR count). The molecule has 41 heavy (non-hydrogen) atoms. The molecule has 12 nitrogen and oxygen atoms in total. The fraction of sp³-hybridized carbons (Fsp3) is 0.517. The fourth-order valence-electron chi connectivity index (χ4n) is 6.85. The Kier molecular flexibility index (Phi) is 6.60. The van der Waals surface area contributed by atoms with Crippen LogP contribution in [-0.4, -0.2) is 94.0 Å². The minimum absolute atomic E-state index is 0.00354. The number of nitrogens with zero attached hydrogens (tertiary/aromatic N) is 2. The molecule has 0 aliphatic heterocycles. The van der Waals surface area contributed by atoms with Gasteiger partial charge in [0, 0.05) is 37.7 Å². The maximum atomic E-state index is 14.0. The molecule has 0 saturated heterocycles. The van der Waals surface area contributed by atoms with Gasteiger partial charge in [-0.1, -0.05) is 0 Å². The van der Waals surface area contributed by atoms with E-state index in [-0.39, 0.29) is 48.4 Å². The average Bonchev–Trinajstić information content (AvgIpc) is 3.63. The Labute approximate surface area is 236 Å². The standard InChI is InChI=1S/C29H36N4O8/c1-32(2)16-11-12(5-6-17(34)28(31)7-8-28)22(35)19-14(16)9-13-10-15-21(33(3)4)24(37)20(27(30)40)26(39)29(15,41)25(38)18(13)23(19)36/h11,13,15,21,35-36,39,41H,5-10,31H2,1-4H3,(H2,30,40)/t13-,15-,21-,29-/m0/s1. The van der Waals surface area contributed by atoms with Gasteiger partial charge in [0.15, 0.2) is 17.2 Å². The first-order chi connectivity index (χ1) is 19.1. The lowest BCUT2D eigenvalue weighted by atomic mass is 9.57. The van der Waals surface area contributed by atoms with E-state index in [0.29, 0.717) is 29.7 Å². The Hall–Kier alpha value is -3.74. The molecule has 0 aromatic heterocycles. The number of aliphatic hydroxyl groups is 3. The Morgan fingerprint density at radius 3 is 2.27 bits per heavy atom. The van der Waals surface area contributed by atoms with E-state index < -0.39 is 63.6 Å². The predicted octanol–water partition coefficient (Wildman–Crippen LogP) is 0.0230. The molecular formula is C29H36N4O8. The molecule has 8 N–H and O–H groups in total. The zero-order valence-electron chi connectivity index (χ0n) is 23.5. The van der Waals surface area contributed by atoms with Crippen molar-refractivity contribution in [3.05, 3.63) is 39.7 Å². The van der Waals surface area contributed by atoms with Crippen LogP contribution in [0.4, 0.5) is 5.69 Å². The molecule has 0 heterocycles. The molecule has 4 atom stereocenters. The van der Waals surface area contributed by atoms with Crippen molar-refractivity contribution in [1.82, 2.24) is 4.90 Å². The molecule has 4 aliphatic carbocycles. The van der Waals surface area contributed by atoms with Crippen molar-refractivity contribution >= 4 is 34.7 Å². The molecule has 2 fully saturated rings. The molecule has 0 spiro atoms. The number of amides is 1. The number of Topliss-reactive ketones (excluding diaryl/α,β-unsaturated/α-hetero) is 3. The molecule has 1 aromatic carbocycles. The van der Waals surface area contributed by atoms with Gasteiger partial charge in [0.2, 0.25) is 5.78 Å². The van der Waals surface area contributed by atoms with Crippen LogP contribution in [0.1, 0.15) is 42.4 Å². The van der Waals surface area contributed by atoms with Crippen LogP contribution in [0.15, 0.2) is 23.0 Å².